The minimum absolute atomic E-state index is 0.0142. The van der Waals surface area contributed by atoms with E-state index < -0.39 is 15.8 Å². The molecule has 6 nitrogen and oxygen atoms in total. The van der Waals surface area contributed by atoms with E-state index in [-0.39, 0.29) is 23.0 Å². The highest BCUT2D eigenvalue weighted by Gasteiger charge is 2.18. The van der Waals surface area contributed by atoms with Gasteiger partial charge in [0.1, 0.15) is 5.82 Å². The zero-order valence-corrected chi connectivity index (χ0v) is 15.5. The first-order valence-electron chi connectivity index (χ1n) is 7.06. The van der Waals surface area contributed by atoms with Gasteiger partial charge < -0.3 is 10.5 Å². The molecule has 130 valence electrons. The van der Waals surface area contributed by atoms with Crippen LogP contribution in [0.15, 0.2) is 28.9 Å². The van der Waals surface area contributed by atoms with Crippen molar-refractivity contribution < 1.29 is 17.5 Å². The van der Waals surface area contributed by atoms with Crippen LogP contribution in [0.3, 0.4) is 0 Å². The van der Waals surface area contributed by atoms with E-state index in [0.29, 0.717) is 22.0 Å². The van der Waals surface area contributed by atoms with Gasteiger partial charge in [0.25, 0.3) is 0 Å². The fourth-order valence-electron chi connectivity index (χ4n) is 2.20. The molecule has 0 fully saturated rings. The molecule has 0 amide bonds. The number of rotatable bonds is 6. The number of anilines is 2. The molecule has 9 heteroatoms. The lowest BCUT2D eigenvalue weighted by Crippen LogP contribution is -2.17. The SMILES string of the molecule is CCCS(=O)(=O)Nc1cc(-c2cc(Br)cnc2N)cc(F)c1OC. The Hall–Kier alpha value is -1.87. The minimum Gasteiger partial charge on any atom is -0.492 e. The summed E-state index contributed by atoms with van der Waals surface area (Å²) in [4.78, 5) is 4.00. The van der Waals surface area contributed by atoms with Crippen molar-refractivity contribution in [3.8, 4) is 16.9 Å². The number of pyridine rings is 1. The van der Waals surface area contributed by atoms with Crippen molar-refractivity contribution in [1.29, 1.82) is 0 Å². The molecule has 0 unspecified atom stereocenters. The van der Waals surface area contributed by atoms with Gasteiger partial charge in [0, 0.05) is 16.2 Å². The van der Waals surface area contributed by atoms with E-state index in [9.17, 15) is 12.8 Å². The zero-order chi connectivity index (χ0) is 17.9. The average Bonchev–Trinajstić information content (AvgIpc) is 2.49. The summed E-state index contributed by atoms with van der Waals surface area (Å²) in [6.45, 7) is 1.74. The molecule has 0 radical (unpaired) electrons. The van der Waals surface area contributed by atoms with Crippen molar-refractivity contribution >= 4 is 37.5 Å². The molecule has 0 aliphatic heterocycles. The van der Waals surface area contributed by atoms with E-state index >= 15 is 0 Å². The van der Waals surface area contributed by atoms with E-state index in [1.165, 1.54) is 25.4 Å². The molecular formula is C15H17BrFN3O3S. The Morgan fingerprint density at radius 1 is 1.38 bits per heavy atom. The van der Waals surface area contributed by atoms with Gasteiger partial charge in [0.15, 0.2) is 11.6 Å². The lowest BCUT2D eigenvalue weighted by atomic mass is 10.1. The maximum atomic E-state index is 14.4. The van der Waals surface area contributed by atoms with E-state index in [1.54, 1.807) is 13.0 Å². The number of ether oxygens (including phenoxy) is 1. The predicted octanol–water partition coefficient (Wildman–Crippen LogP) is 3.39. The number of halogens is 2. The average molecular weight is 418 g/mol. The third-order valence-corrected chi connectivity index (χ3v) is 5.09. The van der Waals surface area contributed by atoms with Crippen LogP contribution in [0.1, 0.15) is 13.3 Å². The number of hydrogen-bond acceptors (Lipinski definition) is 5. The first-order valence-corrected chi connectivity index (χ1v) is 9.51. The summed E-state index contributed by atoms with van der Waals surface area (Å²) >= 11 is 3.28. The maximum Gasteiger partial charge on any atom is 0.232 e. The van der Waals surface area contributed by atoms with Crippen LogP contribution in [0.2, 0.25) is 0 Å². The maximum absolute atomic E-state index is 14.4. The molecule has 1 heterocycles. The van der Waals surface area contributed by atoms with Crippen LogP contribution in [0, 0.1) is 5.82 Å². The summed E-state index contributed by atoms with van der Waals surface area (Å²) in [5, 5.41) is 0. The Morgan fingerprint density at radius 2 is 2.08 bits per heavy atom. The molecule has 2 rings (SSSR count). The number of hydrogen-bond donors (Lipinski definition) is 2. The van der Waals surface area contributed by atoms with Crippen LogP contribution in [0.25, 0.3) is 11.1 Å². The standard InChI is InChI=1S/C15H17BrFN3O3S/c1-3-4-24(21,22)20-13-6-9(5-12(17)14(13)23-2)11-7-10(16)8-19-15(11)18/h5-8,20H,3-4H2,1-2H3,(H2,18,19). The van der Waals surface area contributed by atoms with Crippen molar-refractivity contribution in [3.05, 3.63) is 34.7 Å². The summed E-state index contributed by atoms with van der Waals surface area (Å²) in [6, 6.07) is 4.36. The molecule has 0 saturated carbocycles. The summed E-state index contributed by atoms with van der Waals surface area (Å²) in [6.07, 6.45) is 1.95. The fourth-order valence-corrected chi connectivity index (χ4v) is 3.66. The second-order valence-electron chi connectivity index (χ2n) is 5.05. The molecule has 0 aliphatic carbocycles. The van der Waals surface area contributed by atoms with Crippen molar-refractivity contribution in [2.24, 2.45) is 0 Å². The van der Waals surface area contributed by atoms with Gasteiger partial charge in [0.05, 0.1) is 18.6 Å². The van der Waals surface area contributed by atoms with E-state index in [4.69, 9.17) is 10.5 Å². The second-order valence-corrected chi connectivity index (χ2v) is 7.80. The monoisotopic (exact) mass is 417 g/mol. The third-order valence-electron chi connectivity index (χ3n) is 3.18. The molecule has 0 atom stereocenters. The van der Waals surface area contributed by atoms with Gasteiger partial charge >= 0.3 is 0 Å². The molecule has 3 N–H and O–H groups in total. The van der Waals surface area contributed by atoms with Gasteiger partial charge in [-0.3, -0.25) is 4.72 Å². The lowest BCUT2D eigenvalue weighted by Gasteiger charge is -2.15. The van der Waals surface area contributed by atoms with Crippen LogP contribution < -0.4 is 15.2 Å². The van der Waals surface area contributed by atoms with Gasteiger partial charge in [0.2, 0.25) is 10.0 Å². The molecule has 0 saturated heterocycles. The number of nitrogens with zero attached hydrogens (tertiary/aromatic N) is 1. The summed E-state index contributed by atoms with van der Waals surface area (Å²) < 4.78 is 46.4. The number of aromatic nitrogens is 1. The predicted molar refractivity (Wildman–Crippen MR) is 96.0 cm³/mol. The molecule has 0 spiro atoms. The van der Waals surface area contributed by atoms with Crippen molar-refractivity contribution in [1.82, 2.24) is 4.98 Å². The van der Waals surface area contributed by atoms with Crippen LogP contribution in [-0.2, 0) is 10.0 Å². The quantitative estimate of drug-likeness (QED) is 0.750. The highest BCUT2D eigenvalue weighted by Crippen LogP contribution is 2.36. The largest absolute Gasteiger partial charge is 0.492 e. The molecule has 2 aromatic rings. The molecule has 24 heavy (non-hydrogen) atoms. The first kappa shape index (κ1) is 18.5. The number of benzene rings is 1. The van der Waals surface area contributed by atoms with Gasteiger partial charge in [-0.25, -0.2) is 17.8 Å². The normalized spacial score (nSPS) is 11.3. The van der Waals surface area contributed by atoms with E-state index in [0.717, 1.165) is 0 Å². The minimum atomic E-state index is -3.60. The van der Waals surface area contributed by atoms with Gasteiger partial charge in [-0.1, -0.05) is 6.92 Å². The number of methoxy groups -OCH3 is 1. The second kappa shape index (κ2) is 7.35. The Balaban J connectivity index is 2.59. The van der Waals surface area contributed by atoms with E-state index in [1.807, 2.05) is 0 Å². The van der Waals surface area contributed by atoms with Crippen LogP contribution >= 0.6 is 15.9 Å². The molecule has 0 bridgehead atoms. The smallest absolute Gasteiger partial charge is 0.232 e. The van der Waals surface area contributed by atoms with Crippen LogP contribution in [-0.4, -0.2) is 26.3 Å². The Labute approximate surface area is 148 Å². The van der Waals surface area contributed by atoms with Gasteiger partial charge in [-0.15, -0.1) is 0 Å². The van der Waals surface area contributed by atoms with Crippen LogP contribution in [0.4, 0.5) is 15.9 Å². The topological polar surface area (TPSA) is 94.3 Å². The number of sulfonamides is 1. The third kappa shape index (κ3) is 4.15. The fraction of sp³-hybridized carbons (Fsp3) is 0.267. The van der Waals surface area contributed by atoms with Gasteiger partial charge in [-0.2, -0.15) is 0 Å². The molecule has 0 aliphatic rings. The number of nitrogens with one attached hydrogen (secondary N) is 1. The van der Waals surface area contributed by atoms with Crippen molar-refractivity contribution in [2.45, 2.75) is 13.3 Å². The molecule has 1 aromatic heterocycles. The van der Waals surface area contributed by atoms with Crippen molar-refractivity contribution in [2.75, 3.05) is 23.3 Å². The summed E-state index contributed by atoms with van der Waals surface area (Å²) in [5.41, 5.74) is 6.71. The first-order chi connectivity index (χ1) is 11.3. The Kier molecular flexibility index (Phi) is 5.66. The van der Waals surface area contributed by atoms with Crippen LogP contribution in [0.5, 0.6) is 5.75 Å². The van der Waals surface area contributed by atoms with Crippen molar-refractivity contribution in [3.63, 3.8) is 0 Å². The highest BCUT2D eigenvalue weighted by atomic mass is 79.9. The zero-order valence-electron chi connectivity index (χ0n) is 13.1. The summed E-state index contributed by atoms with van der Waals surface area (Å²) in [5.74, 6) is -0.767. The lowest BCUT2D eigenvalue weighted by molar-refractivity contribution is 0.389. The Bertz CT molecular complexity index is 859. The van der Waals surface area contributed by atoms with Gasteiger partial charge in [-0.05, 0) is 46.1 Å². The Morgan fingerprint density at radius 3 is 2.71 bits per heavy atom. The molecule has 1 aromatic carbocycles. The highest BCUT2D eigenvalue weighted by molar-refractivity contribution is 9.10. The molecular weight excluding hydrogens is 401 g/mol. The van der Waals surface area contributed by atoms with E-state index in [2.05, 4.69) is 25.6 Å². The number of nitrogen functional groups attached to an aromatic ring is 1. The number of nitrogens with two attached hydrogens (primary N) is 1. The summed E-state index contributed by atoms with van der Waals surface area (Å²) in [7, 11) is -2.34.